The lowest BCUT2D eigenvalue weighted by Gasteiger charge is -2.35. The van der Waals surface area contributed by atoms with E-state index in [-0.39, 0.29) is 24.0 Å². The van der Waals surface area contributed by atoms with Crippen molar-refractivity contribution in [3.63, 3.8) is 0 Å². The van der Waals surface area contributed by atoms with E-state index in [2.05, 4.69) is 82.0 Å². The fraction of sp³-hybridized carbons (Fsp3) is 0.409. The van der Waals surface area contributed by atoms with E-state index < -0.39 is 0 Å². The zero-order chi connectivity index (χ0) is 18.9. The third-order valence-corrected chi connectivity index (χ3v) is 4.90. The highest BCUT2D eigenvalue weighted by Gasteiger charge is 2.22. The van der Waals surface area contributed by atoms with Gasteiger partial charge in [0.15, 0.2) is 5.96 Å². The monoisotopic (exact) mass is 494 g/mol. The molecule has 1 unspecified atom stereocenters. The number of aryl methyl sites for hydroxylation is 1. The van der Waals surface area contributed by atoms with Crippen LogP contribution in [0.15, 0.2) is 59.6 Å². The summed E-state index contributed by atoms with van der Waals surface area (Å²) in [6.45, 7) is 7.18. The summed E-state index contributed by atoms with van der Waals surface area (Å²) < 4.78 is 5.53. The van der Waals surface area contributed by atoms with E-state index >= 15 is 0 Å². The van der Waals surface area contributed by atoms with E-state index in [9.17, 15) is 0 Å². The lowest BCUT2D eigenvalue weighted by molar-refractivity contribution is 0.0170. The van der Waals surface area contributed by atoms with Gasteiger partial charge in [-0.25, -0.2) is 0 Å². The minimum atomic E-state index is 0. The van der Waals surface area contributed by atoms with Crippen molar-refractivity contribution in [1.82, 2.24) is 15.5 Å². The summed E-state index contributed by atoms with van der Waals surface area (Å²) in [5.74, 6) is 0.825. The molecule has 2 aromatic rings. The molecule has 1 heterocycles. The van der Waals surface area contributed by atoms with Gasteiger partial charge in [0.2, 0.25) is 0 Å². The lowest BCUT2D eigenvalue weighted by Crippen LogP contribution is -2.46. The predicted octanol–water partition coefficient (Wildman–Crippen LogP) is 3.35. The molecule has 0 spiro atoms. The van der Waals surface area contributed by atoms with Gasteiger partial charge in [0.25, 0.3) is 0 Å². The Balaban J connectivity index is 0.00000280. The molecule has 1 fully saturated rings. The van der Waals surface area contributed by atoms with Crippen LogP contribution in [0.5, 0.6) is 0 Å². The molecule has 1 saturated heterocycles. The number of halogens is 1. The number of benzene rings is 2. The summed E-state index contributed by atoms with van der Waals surface area (Å²) in [5, 5.41) is 6.92. The van der Waals surface area contributed by atoms with Crippen molar-refractivity contribution < 1.29 is 4.74 Å². The van der Waals surface area contributed by atoms with E-state index in [0.717, 1.165) is 45.4 Å². The number of nitrogens with zero attached hydrogens (tertiary/aromatic N) is 2. The van der Waals surface area contributed by atoms with Crippen molar-refractivity contribution in [1.29, 1.82) is 0 Å². The number of aliphatic imine (C=N–C) groups is 1. The quantitative estimate of drug-likeness (QED) is 0.368. The second-order valence-electron chi connectivity index (χ2n) is 6.87. The second kappa shape index (κ2) is 12.0. The molecule has 0 radical (unpaired) electrons. The van der Waals surface area contributed by atoms with Crippen molar-refractivity contribution in [3.05, 3.63) is 71.3 Å². The van der Waals surface area contributed by atoms with Gasteiger partial charge in [-0.2, -0.15) is 0 Å². The van der Waals surface area contributed by atoms with Crippen molar-refractivity contribution in [2.24, 2.45) is 4.99 Å². The van der Waals surface area contributed by atoms with Crippen LogP contribution in [-0.2, 0) is 11.3 Å². The Kier molecular flexibility index (Phi) is 9.73. The standard InChI is InChI=1S/C22H30N4O.HI/c1-18-7-6-8-19(15-18)16-24-22(23-2)25-17-21(20-9-4-3-5-10-20)26-11-13-27-14-12-26;/h3-10,15,21H,11-14,16-17H2,1-2H3,(H2,23,24,25);1H. The molecule has 2 aromatic carbocycles. The van der Waals surface area contributed by atoms with Crippen LogP contribution in [0, 0.1) is 6.92 Å². The molecule has 1 atom stereocenters. The summed E-state index contributed by atoms with van der Waals surface area (Å²) in [6.07, 6.45) is 0. The molecule has 152 valence electrons. The van der Waals surface area contributed by atoms with Gasteiger partial charge >= 0.3 is 0 Å². The number of hydrogen-bond acceptors (Lipinski definition) is 3. The fourth-order valence-corrected chi connectivity index (χ4v) is 3.44. The van der Waals surface area contributed by atoms with Crippen molar-refractivity contribution in [3.8, 4) is 0 Å². The summed E-state index contributed by atoms with van der Waals surface area (Å²) in [7, 11) is 1.82. The van der Waals surface area contributed by atoms with E-state index in [4.69, 9.17) is 4.74 Å². The molecular formula is C22H31IN4O. The molecule has 1 aliphatic heterocycles. The van der Waals surface area contributed by atoms with Crippen molar-refractivity contribution >= 4 is 29.9 Å². The van der Waals surface area contributed by atoms with Crippen molar-refractivity contribution in [2.75, 3.05) is 39.9 Å². The highest BCUT2D eigenvalue weighted by molar-refractivity contribution is 14.0. The van der Waals surface area contributed by atoms with Crippen LogP contribution in [0.2, 0.25) is 0 Å². The average molecular weight is 494 g/mol. The highest BCUT2D eigenvalue weighted by atomic mass is 127. The summed E-state index contributed by atoms with van der Waals surface area (Å²) >= 11 is 0. The van der Waals surface area contributed by atoms with Crippen LogP contribution >= 0.6 is 24.0 Å². The Bertz CT molecular complexity index is 732. The van der Waals surface area contributed by atoms with Crippen LogP contribution < -0.4 is 10.6 Å². The molecular weight excluding hydrogens is 463 g/mol. The Morgan fingerprint density at radius 2 is 1.82 bits per heavy atom. The number of rotatable bonds is 6. The molecule has 1 aliphatic rings. The zero-order valence-electron chi connectivity index (χ0n) is 16.7. The molecule has 0 aliphatic carbocycles. The smallest absolute Gasteiger partial charge is 0.191 e. The van der Waals surface area contributed by atoms with Crippen LogP contribution in [0.25, 0.3) is 0 Å². The van der Waals surface area contributed by atoms with Gasteiger partial charge in [-0.1, -0.05) is 60.2 Å². The van der Waals surface area contributed by atoms with Crippen molar-refractivity contribution in [2.45, 2.75) is 19.5 Å². The lowest BCUT2D eigenvalue weighted by atomic mass is 10.0. The topological polar surface area (TPSA) is 48.9 Å². The van der Waals surface area contributed by atoms with E-state index in [1.54, 1.807) is 0 Å². The first-order valence-electron chi connectivity index (χ1n) is 9.63. The molecule has 6 heteroatoms. The van der Waals surface area contributed by atoms with Gasteiger partial charge in [0, 0.05) is 33.2 Å². The number of guanidine groups is 1. The van der Waals surface area contributed by atoms with Gasteiger partial charge in [-0.05, 0) is 18.1 Å². The van der Waals surface area contributed by atoms with Crippen LogP contribution in [0.3, 0.4) is 0 Å². The molecule has 0 saturated carbocycles. The summed E-state index contributed by atoms with van der Waals surface area (Å²) in [4.78, 5) is 6.87. The molecule has 0 bridgehead atoms. The fourth-order valence-electron chi connectivity index (χ4n) is 3.44. The van der Waals surface area contributed by atoms with Gasteiger partial charge in [-0.3, -0.25) is 9.89 Å². The third-order valence-electron chi connectivity index (χ3n) is 4.90. The molecule has 0 amide bonds. The Hall–Kier alpha value is -1.64. The number of nitrogens with one attached hydrogen (secondary N) is 2. The van der Waals surface area contributed by atoms with Crippen LogP contribution in [0.4, 0.5) is 0 Å². The number of ether oxygens (including phenoxy) is 1. The van der Waals surface area contributed by atoms with E-state index in [1.165, 1.54) is 16.7 Å². The zero-order valence-corrected chi connectivity index (χ0v) is 19.1. The van der Waals surface area contributed by atoms with Crippen LogP contribution in [-0.4, -0.2) is 50.8 Å². The molecule has 28 heavy (non-hydrogen) atoms. The summed E-state index contributed by atoms with van der Waals surface area (Å²) in [5.41, 5.74) is 3.85. The van der Waals surface area contributed by atoms with E-state index in [0.29, 0.717) is 6.04 Å². The largest absolute Gasteiger partial charge is 0.379 e. The minimum Gasteiger partial charge on any atom is -0.379 e. The van der Waals surface area contributed by atoms with E-state index in [1.807, 2.05) is 7.05 Å². The predicted molar refractivity (Wildman–Crippen MR) is 126 cm³/mol. The molecule has 0 aromatic heterocycles. The van der Waals surface area contributed by atoms with Gasteiger partial charge < -0.3 is 15.4 Å². The van der Waals surface area contributed by atoms with Crippen LogP contribution in [0.1, 0.15) is 22.7 Å². The average Bonchev–Trinajstić information content (AvgIpc) is 2.72. The first kappa shape index (κ1) is 22.6. The maximum atomic E-state index is 5.53. The Morgan fingerprint density at radius 1 is 1.07 bits per heavy atom. The SMILES string of the molecule is CN=C(NCc1cccc(C)c1)NCC(c1ccccc1)N1CCOCC1.I. The minimum absolute atomic E-state index is 0. The highest BCUT2D eigenvalue weighted by Crippen LogP contribution is 2.21. The summed E-state index contributed by atoms with van der Waals surface area (Å²) in [6, 6.07) is 19.5. The molecule has 2 N–H and O–H groups in total. The second-order valence-corrected chi connectivity index (χ2v) is 6.87. The normalized spacial score (nSPS) is 16.1. The first-order chi connectivity index (χ1) is 13.3. The molecule has 5 nitrogen and oxygen atoms in total. The van der Waals surface area contributed by atoms with Gasteiger partial charge in [0.1, 0.15) is 0 Å². The van der Waals surface area contributed by atoms with Gasteiger partial charge in [-0.15, -0.1) is 24.0 Å². The third kappa shape index (κ3) is 6.76. The maximum absolute atomic E-state index is 5.53. The maximum Gasteiger partial charge on any atom is 0.191 e. The molecule has 3 rings (SSSR count). The Morgan fingerprint density at radius 3 is 2.50 bits per heavy atom. The number of hydrogen-bond donors (Lipinski definition) is 2. The first-order valence-corrected chi connectivity index (χ1v) is 9.63. The number of morpholine rings is 1. The Labute approximate surface area is 185 Å². The van der Waals surface area contributed by atoms with Gasteiger partial charge in [0.05, 0.1) is 19.3 Å².